The van der Waals surface area contributed by atoms with E-state index in [0.717, 1.165) is 40.7 Å². The zero-order valence-electron chi connectivity index (χ0n) is 15.1. The second kappa shape index (κ2) is 8.94. The van der Waals surface area contributed by atoms with Gasteiger partial charge in [0.15, 0.2) is 0 Å². The highest BCUT2D eigenvalue weighted by molar-refractivity contribution is 7.23. The summed E-state index contributed by atoms with van der Waals surface area (Å²) in [7, 11) is 9.96. The lowest BCUT2D eigenvalue weighted by Gasteiger charge is -2.11. The lowest BCUT2D eigenvalue weighted by atomic mass is 10.1. The Kier molecular flexibility index (Phi) is 6.38. The Morgan fingerprint density at radius 1 is 1.15 bits per heavy atom. The Labute approximate surface area is 159 Å². The first-order valence-electron chi connectivity index (χ1n) is 8.50. The first-order valence-corrected chi connectivity index (χ1v) is 9.32. The van der Waals surface area contributed by atoms with Crippen LogP contribution in [0.3, 0.4) is 0 Å². The van der Waals surface area contributed by atoms with Crippen molar-refractivity contribution in [3.05, 3.63) is 54.2 Å². The molecule has 0 spiro atoms. The molecule has 2 aromatic heterocycles. The quantitative estimate of drug-likeness (QED) is 0.476. The third kappa shape index (κ3) is 5.39. The minimum Gasteiger partial charge on any atom is -0.324 e. The first-order chi connectivity index (χ1) is 12.6. The van der Waals surface area contributed by atoms with Crippen LogP contribution in [-0.2, 0) is 6.54 Å². The summed E-state index contributed by atoms with van der Waals surface area (Å²) in [5, 5.41) is 6.73. The maximum Gasteiger partial charge on any atom is 0.227 e. The molecule has 0 unspecified atom stereocenters. The minimum atomic E-state index is 0.576. The standard InChI is InChI=1S/C19H22BN5S/c1-25(2)11-10-21-13-14-4-3-5-15(12-14)23-19-22-9-8-16(24-19)17-6-7-18(20)26-17/h3-9,12,21H,10-11,13H2,1-2H3,(H,22,23,24). The average Bonchev–Trinajstić information content (AvgIpc) is 3.06. The highest BCUT2D eigenvalue weighted by Crippen LogP contribution is 2.22. The number of hydrogen-bond donors (Lipinski definition) is 2. The molecule has 132 valence electrons. The molecule has 2 N–H and O–H groups in total. The molecule has 26 heavy (non-hydrogen) atoms. The van der Waals surface area contributed by atoms with Gasteiger partial charge in [-0.3, -0.25) is 0 Å². The maximum atomic E-state index is 5.81. The fraction of sp³-hybridized carbons (Fsp3) is 0.263. The molecule has 7 heteroatoms. The zero-order valence-corrected chi connectivity index (χ0v) is 15.9. The summed E-state index contributed by atoms with van der Waals surface area (Å²) in [6, 6.07) is 14.0. The summed E-state index contributed by atoms with van der Waals surface area (Å²) in [5.74, 6) is 0.576. The number of thiophene rings is 1. The van der Waals surface area contributed by atoms with E-state index in [1.807, 2.05) is 30.3 Å². The number of likely N-dealkylation sites (N-methyl/N-ethyl adjacent to an activating group) is 1. The van der Waals surface area contributed by atoms with E-state index in [1.165, 1.54) is 16.9 Å². The van der Waals surface area contributed by atoms with Crippen LogP contribution in [0.4, 0.5) is 11.6 Å². The summed E-state index contributed by atoms with van der Waals surface area (Å²) >= 11 is 1.52. The van der Waals surface area contributed by atoms with E-state index < -0.39 is 0 Å². The second-order valence-corrected chi connectivity index (χ2v) is 7.39. The van der Waals surface area contributed by atoms with Crippen LogP contribution in [-0.4, -0.2) is 49.9 Å². The van der Waals surface area contributed by atoms with Crippen LogP contribution in [0, 0.1) is 0 Å². The number of hydrogen-bond acceptors (Lipinski definition) is 6. The lowest BCUT2D eigenvalue weighted by molar-refractivity contribution is 0.400. The van der Waals surface area contributed by atoms with E-state index in [2.05, 4.69) is 51.7 Å². The van der Waals surface area contributed by atoms with E-state index in [0.29, 0.717) is 5.95 Å². The molecule has 3 aromatic rings. The molecule has 1 aromatic carbocycles. The molecule has 0 atom stereocenters. The summed E-state index contributed by atoms with van der Waals surface area (Å²) in [6.07, 6.45) is 1.76. The van der Waals surface area contributed by atoms with Gasteiger partial charge >= 0.3 is 0 Å². The van der Waals surface area contributed by atoms with Crippen LogP contribution in [0.25, 0.3) is 10.6 Å². The van der Waals surface area contributed by atoms with Gasteiger partial charge in [0.2, 0.25) is 5.95 Å². The molecule has 0 amide bonds. The van der Waals surface area contributed by atoms with E-state index in [1.54, 1.807) is 6.20 Å². The Hall–Kier alpha value is -2.22. The SMILES string of the molecule is [B]c1ccc(-c2ccnc(Nc3cccc(CNCCN(C)C)c3)n2)s1. The monoisotopic (exact) mass is 363 g/mol. The molecule has 2 heterocycles. The van der Waals surface area contributed by atoms with Gasteiger partial charge in [0.25, 0.3) is 0 Å². The van der Waals surface area contributed by atoms with Crippen LogP contribution < -0.4 is 15.4 Å². The number of nitrogens with zero attached hydrogens (tertiary/aromatic N) is 3. The molecule has 0 saturated carbocycles. The Bertz CT molecular complexity index is 849. The summed E-state index contributed by atoms with van der Waals surface area (Å²) in [5.41, 5.74) is 3.06. The van der Waals surface area contributed by atoms with Gasteiger partial charge in [-0.05, 0) is 48.7 Å². The van der Waals surface area contributed by atoms with Crippen molar-refractivity contribution in [2.75, 3.05) is 32.5 Å². The molecule has 2 radical (unpaired) electrons. The van der Waals surface area contributed by atoms with Crippen molar-refractivity contribution in [3.63, 3.8) is 0 Å². The Balaban J connectivity index is 1.64. The number of nitrogens with one attached hydrogen (secondary N) is 2. The van der Waals surface area contributed by atoms with Crippen molar-refractivity contribution in [3.8, 4) is 10.6 Å². The van der Waals surface area contributed by atoms with Crippen molar-refractivity contribution in [2.45, 2.75) is 6.54 Å². The smallest absolute Gasteiger partial charge is 0.227 e. The maximum absolute atomic E-state index is 5.81. The predicted octanol–water partition coefficient (Wildman–Crippen LogP) is 2.39. The van der Waals surface area contributed by atoms with Crippen molar-refractivity contribution in [1.82, 2.24) is 20.2 Å². The third-order valence-electron chi connectivity index (χ3n) is 3.78. The first kappa shape index (κ1) is 18.6. The van der Waals surface area contributed by atoms with Crippen LogP contribution in [0.15, 0.2) is 48.7 Å². The van der Waals surface area contributed by atoms with Crippen molar-refractivity contribution in [1.29, 1.82) is 0 Å². The Morgan fingerprint density at radius 2 is 2.04 bits per heavy atom. The van der Waals surface area contributed by atoms with Gasteiger partial charge in [-0.15, -0.1) is 0 Å². The van der Waals surface area contributed by atoms with E-state index in [-0.39, 0.29) is 0 Å². The summed E-state index contributed by atoms with van der Waals surface area (Å²) < 4.78 is 0.780. The molecule has 3 rings (SSSR count). The number of aromatic nitrogens is 2. The van der Waals surface area contributed by atoms with E-state index in [9.17, 15) is 0 Å². The zero-order chi connectivity index (χ0) is 18.4. The fourth-order valence-corrected chi connectivity index (χ4v) is 3.21. The number of benzene rings is 1. The molecule has 5 nitrogen and oxygen atoms in total. The van der Waals surface area contributed by atoms with Crippen LogP contribution in [0.1, 0.15) is 5.56 Å². The largest absolute Gasteiger partial charge is 0.324 e. The molecule has 0 aliphatic carbocycles. The van der Waals surface area contributed by atoms with Gasteiger partial charge < -0.3 is 15.5 Å². The molecule has 0 fully saturated rings. The van der Waals surface area contributed by atoms with Crippen LogP contribution >= 0.6 is 11.3 Å². The van der Waals surface area contributed by atoms with Gasteiger partial charge in [0, 0.05) is 31.5 Å². The van der Waals surface area contributed by atoms with Crippen molar-refractivity contribution < 1.29 is 0 Å². The van der Waals surface area contributed by atoms with Crippen LogP contribution in [0.5, 0.6) is 0 Å². The molecule has 0 bridgehead atoms. The topological polar surface area (TPSA) is 53.1 Å². The molecule has 0 aliphatic rings. The highest BCUT2D eigenvalue weighted by Gasteiger charge is 2.05. The lowest BCUT2D eigenvalue weighted by Crippen LogP contribution is -2.26. The molecular weight excluding hydrogens is 341 g/mol. The van der Waals surface area contributed by atoms with E-state index >= 15 is 0 Å². The summed E-state index contributed by atoms with van der Waals surface area (Å²) in [4.78, 5) is 12.1. The average molecular weight is 363 g/mol. The van der Waals surface area contributed by atoms with Crippen molar-refractivity contribution in [2.24, 2.45) is 0 Å². The van der Waals surface area contributed by atoms with Crippen LogP contribution in [0.2, 0.25) is 0 Å². The van der Waals surface area contributed by atoms with Gasteiger partial charge in [0.1, 0.15) is 7.85 Å². The van der Waals surface area contributed by atoms with Crippen molar-refractivity contribution >= 4 is 35.6 Å². The molecule has 0 saturated heterocycles. The van der Waals surface area contributed by atoms with Gasteiger partial charge in [-0.2, -0.15) is 11.3 Å². The highest BCUT2D eigenvalue weighted by atomic mass is 32.1. The molecule has 0 aliphatic heterocycles. The Morgan fingerprint density at radius 3 is 2.81 bits per heavy atom. The van der Waals surface area contributed by atoms with Gasteiger partial charge in [-0.1, -0.05) is 18.2 Å². The third-order valence-corrected chi connectivity index (χ3v) is 4.72. The fourth-order valence-electron chi connectivity index (χ4n) is 2.47. The van der Waals surface area contributed by atoms with Gasteiger partial charge in [-0.25, -0.2) is 9.97 Å². The van der Waals surface area contributed by atoms with E-state index in [4.69, 9.17) is 7.85 Å². The van der Waals surface area contributed by atoms with Gasteiger partial charge in [0.05, 0.1) is 10.6 Å². The number of anilines is 2. The predicted molar refractivity (Wildman–Crippen MR) is 111 cm³/mol. The molecular formula is C19H22BN5S. The normalized spacial score (nSPS) is 11.0. The minimum absolute atomic E-state index is 0.576. The second-order valence-electron chi connectivity index (χ2n) is 6.27. The number of rotatable bonds is 8. The summed E-state index contributed by atoms with van der Waals surface area (Å²) in [6.45, 7) is 2.81.